The molecule has 0 aliphatic carbocycles. The summed E-state index contributed by atoms with van der Waals surface area (Å²) in [6, 6.07) is 5.18. The molecule has 1 aromatic carbocycles. The van der Waals surface area contributed by atoms with E-state index in [4.69, 9.17) is 38.5 Å². The standard InChI is InChI=1S/C13H20Cl2N2O2/c1-3-18-13(19-4-2)12(17-16)8-9-10(14)6-5-7-11(9)15/h5-7,12-13,17H,3-4,8,16H2,1-2H3. The van der Waals surface area contributed by atoms with Crippen molar-refractivity contribution in [2.75, 3.05) is 13.2 Å². The van der Waals surface area contributed by atoms with Gasteiger partial charge in [-0.2, -0.15) is 0 Å². The van der Waals surface area contributed by atoms with E-state index in [1.54, 1.807) is 12.1 Å². The van der Waals surface area contributed by atoms with Crippen LogP contribution >= 0.6 is 23.2 Å². The molecule has 1 atom stereocenters. The molecule has 0 fully saturated rings. The molecule has 19 heavy (non-hydrogen) atoms. The average molecular weight is 307 g/mol. The largest absolute Gasteiger partial charge is 0.351 e. The second-order valence-electron chi connectivity index (χ2n) is 3.96. The topological polar surface area (TPSA) is 56.5 Å². The Morgan fingerprint density at radius 3 is 2.11 bits per heavy atom. The first kappa shape index (κ1) is 16.7. The average Bonchev–Trinajstić information content (AvgIpc) is 2.38. The van der Waals surface area contributed by atoms with E-state index < -0.39 is 6.29 Å². The first-order valence-electron chi connectivity index (χ1n) is 6.26. The van der Waals surface area contributed by atoms with Crippen molar-refractivity contribution in [3.8, 4) is 0 Å². The van der Waals surface area contributed by atoms with Crippen molar-refractivity contribution >= 4 is 23.2 Å². The number of halogens is 2. The summed E-state index contributed by atoms with van der Waals surface area (Å²) in [4.78, 5) is 0. The Hall–Kier alpha value is -0.360. The van der Waals surface area contributed by atoms with Crippen molar-refractivity contribution in [3.63, 3.8) is 0 Å². The summed E-state index contributed by atoms with van der Waals surface area (Å²) in [5.41, 5.74) is 3.54. The summed E-state index contributed by atoms with van der Waals surface area (Å²) in [7, 11) is 0. The van der Waals surface area contributed by atoms with E-state index in [1.165, 1.54) is 0 Å². The Kier molecular flexibility index (Phi) is 7.68. The van der Waals surface area contributed by atoms with Crippen LogP contribution in [-0.4, -0.2) is 25.5 Å². The van der Waals surface area contributed by atoms with Crippen molar-refractivity contribution in [3.05, 3.63) is 33.8 Å². The molecule has 0 aromatic heterocycles. The molecule has 1 aromatic rings. The molecule has 0 heterocycles. The van der Waals surface area contributed by atoms with Crippen LogP contribution in [0.2, 0.25) is 10.0 Å². The van der Waals surface area contributed by atoms with E-state index in [9.17, 15) is 0 Å². The normalized spacial score (nSPS) is 12.9. The number of nitrogens with two attached hydrogens (primary N) is 1. The Morgan fingerprint density at radius 2 is 1.68 bits per heavy atom. The van der Waals surface area contributed by atoms with Crippen LogP contribution in [0.1, 0.15) is 19.4 Å². The number of nitrogens with one attached hydrogen (secondary N) is 1. The van der Waals surface area contributed by atoms with Crippen LogP contribution < -0.4 is 11.3 Å². The maximum atomic E-state index is 6.15. The van der Waals surface area contributed by atoms with Gasteiger partial charge in [0.1, 0.15) is 0 Å². The zero-order valence-corrected chi connectivity index (χ0v) is 12.7. The van der Waals surface area contributed by atoms with Crippen molar-refractivity contribution in [1.29, 1.82) is 0 Å². The van der Waals surface area contributed by atoms with Crippen molar-refractivity contribution in [2.24, 2.45) is 5.84 Å². The minimum absolute atomic E-state index is 0.225. The van der Waals surface area contributed by atoms with Gasteiger partial charge in [-0.15, -0.1) is 0 Å². The maximum Gasteiger partial charge on any atom is 0.174 e. The van der Waals surface area contributed by atoms with Crippen LogP contribution in [0.15, 0.2) is 18.2 Å². The fourth-order valence-corrected chi connectivity index (χ4v) is 2.34. The van der Waals surface area contributed by atoms with E-state index in [-0.39, 0.29) is 6.04 Å². The highest BCUT2D eigenvalue weighted by Gasteiger charge is 2.23. The molecule has 0 amide bonds. The highest BCUT2D eigenvalue weighted by Crippen LogP contribution is 2.26. The fourth-order valence-electron chi connectivity index (χ4n) is 1.79. The van der Waals surface area contributed by atoms with Gasteiger partial charge in [0.2, 0.25) is 0 Å². The van der Waals surface area contributed by atoms with Crippen LogP contribution in [0.4, 0.5) is 0 Å². The minimum Gasteiger partial charge on any atom is -0.351 e. The lowest BCUT2D eigenvalue weighted by Gasteiger charge is -2.26. The van der Waals surface area contributed by atoms with Crippen molar-refractivity contribution in [1.82, 2.24) is 5.43 Å². The predicted octanol–water partition coefficient (Wildman–Crippen LogP) is 2.77. The third kappa shape index (κ3) is 4.91. The summed E-state index contributed by atoms with van der Waals surface area (Å²) in [6.45, 7) is 4.89. The number of rotatable bonds is 8. The van der Waals surface area contributed by atoms with Crippen LogP contribution in [0, 0.1) is 0 Å². The molecule has 1 unspecified atom stereocenters. The molecule has 1 rings (SSSR count). The fraction of sp³-hybridized carbons (Fsp3) is 0.538. The summed E-state index contributed by atoms with van der Waals surface area (Å²) >= 11 is 12.3. The number of hydrogen-bond acceptors (Lipinski definition) is 4. The lowest BCUT2D eigenvalue weighted by atomic mass is 10.1. The second kappa shape index (κ2) is 8.74. The summed E-state index contributed by atoms with van der Waals surface area (Å²) in [5.74, 6) is 5.59. The number of benzene rings is 1. The lowest BCUT2D eigenvalue weighted by Crippen LogP contribution is -2.48. The molecule has 0 radical (unpaired) electrons. The quantitative estimate of drug-likeness (QED) is 0.440. The minimum atomic E-state index is -0.438. The Bertz CT molecular complexity index is 365. The van der Waals surface area contributed by atoms with Gasteiger partial charge in [0.25, 0.3) is 0 Å². The molecule has 0 aliphatic rings. The summed E-state index contributed by atoms with van der Waals surface area (Å²) < 4.78 is 11.1. The molecule has 0 spiro atoms. The second-order valence-corrected chi connectivity index (χ2v) is 4.77. The summed E-state index contributed by atoms with van der Waals surface area (Å²) in [6.07, 6.45) is 0.0898. The van der Waals surface area contributed by atoms with E-state index in [2.05, 4.69) is 5.43 Å². The van der Waals surface area contributed by atoms with Gasteiger partial charge in [-0.1, -0.05) is 29.3 Å². The zero-order chi connectivity index (χ0) is 14.3. The Balaban J connectivity index is 2.85. The van der Waals surface area contributed by atoms with Crippen molar-refractivity contribution < 1.29 is 9.47 Å². The monoisotopic (exact) mass is 306 g/mol. The third-order valence-electron chi connectivity index (χ3n) is 2.69. The first-order chi connectivity index (χ1) is 9.13. The molecule has 0 saturated carbocycles. The molecule has 3 N–H and O–H groups in total. The number of hydrogen-bond donors (Lipinski definition) is 2. The van der Waals surface area contributed by atoms with Gasteiger partial charge in [0.05, 0.1) is 6.04 Å². The molecule has 6 heteroatoms. The van der Waals surface area contributed by atoms with E-state index in [0.29, 0.717) is 29.7 Å². The van der Waals surface area contributed by atoms with Crippen LogP contribution in [0.5, 0.6) is 0 Å². The van der Waals surface area contributed by atoms with Gasteiger partial charge in [-0.25, -0.2) is 0 Å². The zero-order valence-electron chi connectivity index (χ0n) is 11.2. The number of hydrazine groups is 1. The highest BCUT2D eigenvalue weighted by atomic mass is 35.5. The number of ether oxygens (including phenoxy) is 2. The molecule has 0 saturated heterocycles. The van der Waals surface area contributed by atoms with Crippen LogP contribution in [-0.2, 0) is 15.9 Å². The molecular formula is C13H20Cl2N2O2. The first-order valence-corrected chi connectivity index (χ1v) is 7.01. The molecular weight excluding hydrogens is 287 g/mol. The molecule has 4 nitrogen and oxygen atoms in total. The highest BCUT2D eigenvalue weighted by molar-refractivity contribution is 6.36. The molecule has 0 bridgehead atoms. The van der Waals surface area contributed by atoms with Gasteiger partial charge < -0.3 is 9.47 Å². The smallest absolute Gasteiger partial charge is 0.174 e. The van der Waals surface area contributed by atoms with Crippen molar-refractivity contribution in [2.45, 2.75) is 32.6 Å². The molecule has 0 aliphatic heterocycles. The SMILES string of the molecule is CCOC(OCC)C(Cc1c(Cl)cccc1Cl)NN. The Labute approximate surface area is 124 Å². The van der Waals surface area contributed by atoms with E-state index in [0.717, 1.165) is 5.56 Å². The predicted molar refractivity (Wildman–Crippen MR) is 78.3 cm³/mol. The molecule has 108 valence electrons. The van der Waals surface area contributed by atoms with Gasteiger partial charge >= 0.3 is 0 Å². The van der Waals surface area contributed by atoms with Gasteiger partial charge in [0.15, 0.2) is 6.29 Å². The Morgan fingerprint density at radius 1 is 1.16 bits per heavy atom. The van der Waals surface area contributed by atoms with E-state index >= 15 is 0 Å². The van der Waals surface area contributed by atoms with Gasteiger partial charge in [-0.3, -0.25) is 11.3 Å². The van der Waals surface area contributed by atoms with Gasteiger partial charge in [0, 0.05) is 23.3 Å². The van der Waals surface area contributed by atoms with Crippen LogP contribution in [0.25, 0.3) is 0 Å². The van der Waals surface area contributed by atoms with Crippen LogP contribution in [0.3, 0.4) is 0 Å². The lowest BCUT2D eigenvalue weighted by molar-refractivity contribution is -0.153. The van der Waals surface area contributed by atoms with E-state index in [1.807, 2.05) is 19.9 Å². The summed E-state index contributed by atoms with van der Waals surface area (Å²) in [5, 5.41) is 1.22. The van der Waals surface area contributed by atoms with Gasteiger partial charge in [-0.05, 0) is 38.0 Å². The third-order valence-corrected chi connectivity index (χ3v) is 3.40. The maximum absolute atomic E-state index is 6.15.